The fourth-order valence-electron chi connectivity index (χ4n) is 3.49. The van der Waals surface area contributed by atoms with Crippen molar-refractivity contribution in [3.05, 3.63) is 24.0 Å². The summed E-state index contributed by atoms with van der Waals surface area (Å²) in [5.74, 6) is 2.02. The van der Waals surface area contributed by atoms with Gasteiger partial charge in [-0.3, -0.25) is 9.20 Å². The zero-order chi connectivity index (χ0) is 21.9. The molecule has 0 radical (unpaired) electrons. The van der Waals surface area contributed by atoms with Crippen LogP contribution in [0.5, 0.6) is 0 Å². The lowest BCUT2D eigenvalue weighted by Crippen LogP contribution is -2.08. The minimum atomic E-state index is -3.33. The molecule has 3 rings (SSSR count). The Hall–Kier alpha value is -2.55. The van der Waals surface area contributed by atoms with Gasteiger partial charge in [-0.05, 0) is 43.9 Å². The molecule has 1 N–H and O–H groups in total. The van der Waals surface area contributed by atoms with Crippen LogP contribution in [0.2, 0.25) is 0 Å². The topological polar surface area (TPSA) is 106 Å². The largest absolute Gasteiger partial charge is 0.367 e. The molecule has 3 aromatic rings. The molecule has 30 heavy (non-hydrogen) atoms. The summed E-state index contributed by atoms with van der Waals surface area (Å²) >= 11 is 0. The normalized spacial score (nSPS) is 12.2. The molecule has 2 heterocycles. The molecule has 0 aliphatic rings. The number of rotatable bonds is 10. The Balaban J connectivity index is 1.72. The maximum absolute atomic E-state index is 11.9. The fourth-order valence-corrected chi connectivity index (χ4v) is 4.13. The van der Waals surface area contributed by atoms with E-state index in [9.17, 15) is 13.2 Å². The van der Waals surface area contributed by atoms with E-state index >= 15 is 0 Å². The lowest BCUT2D eigenvalue weighted by molar-refractivity contribution is -0.119. The molecule has 0 unspecified atom stereocenters. The number of hydrogen-bond donors (Lipinski definition) is 1. The Bertz CT molecular complexity index is 1170. The summed E-state index contributed by atoms with van der Waals surface area (Å²) in [6, 6.07) is 4.89. The van der Waals surface area contributed by atoms with Crippen molar-refractivity contribution in [1.82, 2.24) is 19.6 Å². The number of ketones is 1. The Morgan fingerprint density at radius 3 is 2.63 bits per heavy atom. The second kappa shape index (κ2) is 9.07. The number of nitrogens with one attached hydrogen (secondary N) is 1. The van der Waals surface area contributed by atoms with Gasteiger partial charge in [0.15, 0.2) is 15.7 Å². The summed E-state index contributed by atoms with van der Waals surface area (Å²) in [7, 11) is -3.33. The summed E-state index contributed by atoms with van der Waals surface area (Å²) in [6.45, 7) is 6.65. The number of fused-ring (bicyclic) bond motifs is 3. The summed E-state index contributed by atoms with van der Waals surface area (Å²) in [5.41, 5.74) is 1.93. The number of anilines is 1. The van der Waals surface area contributed by atoms with Gasteiger partial charge in [0, 0.05) is 25.6 Å². The highest BCUT2D eigenvalue weighted by atomic mass is 32.2. The summed E-state index contributed by atoms with van der Waals surface area (Å²) in [5, 5.41) is 11.7. The highest BCUT2D eigenvalue weighted by Crippen LogP contribution is 2.24. The second-order valence-corrected chi connectivity index (χ2v) is 10.2. The number of sulfone groups is 1. The third-order valence-electron chi connectivity index (χ3n) is 4.95. The Morgan fingerprint density at radius 1 is 1.17 bits per heavy atom. The van der Waals surface area contributed by atoms with Gasteiger partial charge in [-0.1, -0.05) is 20.3 Å². The zero-order valence-corrected chi connectivity index (χ0v) is 18.8. The average Bonchev–Trinajstić information content (AvgIpc) is 3.05. The van der Waals surface area contributed by atoms with Gasteiger partial charge < -0.3 is 5.32 Å². The molecule has 0 amide bonds. The van der Waals surface area contributed by atoms with Crippen molar-refractivity contribution in [1.29, 1.82) is 0 Å². The molecule has 0 spiro atoms. The first-order valence-corrected chi connectivity index (χ1v) is 12.2. The minimum absolute atomic E-state index is 0.226. The van der Waals surface area contributed by atoms with Crippen LogP contribution in [-0.4, -0.2) is 46.6 Å². The van der Waals surface area contributed by atoms with Crippen molar-refractivity contribution in [2.45, 2.75) is 57.8 Å². The van der Waals surface area contributed by atoms with Gasteiger partial charge >= 0.3 is 0 Å². The highest BCUT2D eigenvalue weighted by Gasteiger charge is 2.15. The molecular formula is C21H29N5O3S. The molecule has 0 aliphatic heterocycles. The first-order valence-electron chi connectivity index (χ1n) is 10.3. The second-order valence-electron chi connectivity index (χ2n) is 8.16. The van der Waals surface area contributed by atoms with Gasteiger partial charge in [-0.2, -0.15) is 0 Å². The van der Waals surface area contributed by atoms with Crippen molar-refractivity contribution in [3.63, 3.8) is 0 Å². The highest BCUT2D eigenvalue weighted by molar-refractivity contribution is 7.90. The molecule has 0 saturated heterocycles. The monoisotopic (exact) mass is 431 g/mol. The first kappa shape index (κ1) is 22.1. The van der Waals surface area contributed by atoms with E-state index in [0.29, 0.717) is 53.9 Å². The summed E-state index contributed by atoms with van der Waals surface area (Å²) in [4.78, 5) is 16.6. The number of hydrogen-bond acceptors (Lipinski definition) is 7. The smallest absolute Gasteiger partial charge is 0.204 e. The Kier molecular flexibility index (Phi) is 6.70. The van der Waals surface area contributed by atoms with E-state index in [1.54, 1.807) is 18.2 Å². The van der Waals surface area contributed by atoms with E-state index in [4.69, 9.17) is 0 Å². The van der Waals surface area contributed by atoms with Gasteiger partial charge in [-0.25, -0.2) is 13.4 Å². The fraction of sp³-hybridized carbons (Fsp3) is 0.524. The predicted octanol–water partition coefficient (Wildman–Crippen LogP) is 3.58. The van der Waals surface area contributed by atoms with Crippen LogP contribution in [0, 0.1) is 12.8 Å². The molecule has 0 fully saturated rings. The van der Waals surface area contributed by atoms with Gasteiger partial charge in [0.05, 0.1) is 15.9 Å². The molecule has 9 heteroatoms. The van der Waals surface area contributed by atoms with Crippen molar-refractivity contribution < 1.29 is 13.2 Å². The van der Waals surface area contributed by atoms with E-state index in [2.05, 4.69) is 34.3 Å². The molecule has 162 valence electrons. The first-order chi connectivity index (χ1) is 14.2. The van der Waals surface area contributed by atoms with Crippen LogP contribution < -0.4 is 5.32 Å². The van der Waals surface area contributed by atoms with Crippen LogP contribution in [0.4, 0.5) is 5.82 Å². The zero-order valence-electron chi connectivity index (χ0n) is 18.0. The minimum Gasteiger partial charge on any atom is -0.367 e. The molecule has 8 nitrogen and oxygen atoms in total. The van der Waals surface area contributed by atoms with Gasteiger partial charge in [0.2, 0.25) is 5.65 Å². The van der Waals surface area contributed by atoms with Crippen molar-refractivity contribution in [2.24, 2.45) is 5.92 Å². The van der Waals surface area contributed by atoms with Crippen LogP contribution >= 0.6 is 0 Å². The van der Waals surface area contributed by atoms with Gasteiger partial charge in [0.1, 0.15) is 11.6 Å². The van der Waals surface area contributed by atoms with Crippen LogP contribution in [0.3, 0.4) is 0 Å². The van der Waals surface area contributed by atoms with Crippen LogP contribution in [0.1, 0.15) is 51.8 Å². The molecule has 0 bridgehead atoms. The van der Waals surface area contributed by atoms with Crippen molar-refractivity contribution >= 4 is 38.1 Å². The van der Waals surface area contributed by atoms with Crippen LogP contribution in [0.15, 0.2) is 23.1 Å². The van der Waals surface area contributed by atoms with E-state index in [1.807, 2.05) is 11.3 Å². The molecule has 2 aromatic heterocycles. The summed E-state index contributed by atoms with van der Waals surface area (Å²) in [6.07, 6.45) is 5.20. The van der Waals surface area contributed by atoms with E-state index < -0.39 is 9.84 Å². The maximum atomic E-state index is 11.9. The van der Waals surface area contributed by atoms with E-state index in [0.717, 1.165) is 24.8 Å². The lowest BCUT2D eigenvalue weighted by atomic mass is 10.0. The Morgan fingerprint density at radius 2 is 1.93 bits per heavy atom. The van der Waals surface area contributed by atoms with Crippen molar-refractivity contribution in [2.75, 3.05) is 18.1 Å². The van der Waals surface area contributed by atoms with Crippen molar-refractivity contribution in [3.8, 4) is 0 Å². The maximum Gasteiger partial charge on any atom is 0.204 e. The number of benzene rings is 1. The number of aryl methyl sites for hydroxylation is 1. The number of carbonyl (C=O) groups is 1. The predicted molar refractivity (Wildman–Crippen MR) is 118 cm³/mol. The molecule has 0 aliphatic carbocycles. The van der Waals surface area contributed by atoms with Gasteiger partial charge in [0.25, 0.3) is 0 Å². The molecular weight excluding hydrogens is 402 g/mol. The van der Waals surface area contributed by atoms with Gasteiger partial charge in [-0.15, -0.1) is 10.2 Å². The van der Waals surface area contributed by atoms with Crippen LogP contribution in [0.25, 0.3) is 16.7 Å². The standard InChI is InChI=1S/C21H29N5O3S/c1-14(2)12-16(27)8-6-5-7-11-22-20-21-25-24-15(3)26(21)19-10-9-17(30(4,28)29)13-18(19)23-20/h9-10,13-14H,5-8,11-12H2,1-4H3,(H,22,23). The third kappa shape index (κ3) is 5.13. The molecule has 0 atom stereocenters. The van der Waals surface area contributed by atoms with E-state index in [-0.39, 0.29) is 4.90 Å². The number of aromatic nitrogens is 4. The lowest BCUT2D eigenvalue weighted by Gasteiger charge is -2.10. The number of Topliss-reactive ketones (excluding diaryl/α,β-unsaturated/α-hetero) is 1. The molecule has 0 saturated carbocycles. The number of carbonyl (C=O) groups excluding carboxylic acids is 1. The summed E-state index contributed by atoms with van der Waals surface area (Å²) < 4.78 is 25.7. The molecule has 1 aromatic carbocycles. The van der Waals surface area contributed by atoms with Crippen LogP contribution in [-0.2, 0) is 14.6 Å². The third-order valence-corrected chi connectivity index (χ3v) is 6.06. The number of nitrogens with zero attached hydrogens (tertiary/aromatic N) is 4. The quantitative estimate of drug-likeness (QED) is 0.489. The number of unbranched alkanes of at least 4 members (excludes halogenated alkanes) is 2. The SMILES string of the molecule is Cc1nnc2c(NCCCCCC(=O)CC(C)C)nc3cc(S(C)(=O)=O)ccc3n12. The average molecular weight is 432 g/mol. The van der Waals surface area contributed by atoms with E-state index in [1.165, 1.54) is 6.26 Å². The Labute approximate surface area is 177 Å².